The average molecular weight is 370 g/mol. The summed E-state index contributed by atoms with van der Waals surface area (Å²) in [6.07, 6.45) is 3.99. The van der Waals surface area contributed by atoms with Gasteiger partial charge in [-0.05, 0) is 25.0 Å². The summed E-state index contributed by atoms with van der Waals surface area (Å²) in [5, 5.41) is 3.62. The third-order valence-corrected chi connectivity index (χ3v) is 5.92. The van der Waals surface area contributed by atoms with E-state index in [9.17, 15) is 0 Å². The predicted molar refractivity (Wildman–Crippen MR) is 106 cm³/mol. The number of rotatable bonds is 6. The van der Waals surface area contributed by atoms with E-state index in [0.717, 1.165) is 77.0 Å². The Morgan fingerprint density at radius 2 is 1.81 bits per heavy atom. The van der Waals surface area contributed by atoms with Crippen LogP contribution in [0, 0.1) is 6.92 Å². The molecule has 0 spiro atoms. The summed E-state index contributed by atoms with van der Waals surface area (Å²) in [7, 11) is 0. The van der Waals surface area contributed by atoms with E-state index < -0.39 is 0 Å². The first kappa shape index (κ1) is 18.5. The lowest BCUT2D eigenvalue weighted by molar-refractivity contribution is -0.0308. The van der Waals surface area contributed by atoms with Crippen molar-refractivity contribution in [3.8, 4) is 0 Å². The molecule has 0 aliphatic carbocycles. The summed E-state index contributed by atoms with van der Waals surface area (Å²) in [6, 6.07) is 10.7. The summed E-state index contributed by atoms with van der Waals surface area (Å²) in [6.45, 7) is 9.62. The Bertz CT molecular complexity index is 704. The van der Waals surface area contributed by atoms with Crippen molar-refractivity contribution in [2.45, 2.75) is 31.8 Å². The average Bonchev–Trinajstić information content (AvgIpc) is 3.14. The molecule has 2 saturated heterocycles. The molecule has 2 aliphatic heterocycles. The summed E-state index contributed by atoms with van der Waals surface area (Å²) in [4.78, 5) is 9.37. The van der Waals surface area contributed by atoms with Crippen molar-refractivity contribution >= 4 is 5.69 Å². The van der Waals surface area contributed by atoms with Crippen molar-refractivity contribution in [1.82, 2.24) is 15.2 Å². The summed E-state index contributed by atoms with van der Waals surface area (Å²) in [5.41, 5.74) is 1.51. The first-order valence-corrected chi connectivity index (χ1v) is 10.0. The molecule has 2 aliphatic rings. The number of aromatic nitrogens is 1. The van der Waals surface area contributed by atoms with Gasteiger partial charge in [0.1, 0.15) is 5.76 Å². The van der Waals surface area contributed by atoms with Gasteiger partial charge < -0.3 is 19.4 Å². The van der Waals surface area contributed by atoms with Crippen LogP contribution in [0.15, 0.2) is 40.9 Å². The van der Waals surface area contributed by atoms with Crippen molar-refractivity contribution in [1.29, 1.82) is 0 Å². The van der Waals surface area contributed by atoms with Crippen LogP contribution in [-0.4, -0.2) is 61.4 Å². The zero-order chi connectivity index (χ0) is 18.5. The number of oxazole rings is 1. The zero-order valence-corrected chi connectivity index (χ0v) is 16.2. The number of para-hydroxylation sites is 1. The Morgan fingerprint density at radius 3 is 2.48 bits per heavy atom. The molecule has 0 atom stereocenters. The molecule has 0 saturated carbocycles. The van der Waals surface area contributed by atoms with Gasteiger partial charge in [-0.15, -0.1) is 0 Å². The van der Waals surface area contributed by atoms with Crippen molar-refractivity contribution in [3.63, 3.8) is 0 Å². The molecular formula is C21H30N4O2. The minimum Gasteiger partial charge on any atom is -0.445 e. The maximum atomic E-state index is 5.68. The molecule has 146 valence electrons. The van der Waals surface area contributed by atoms with Crippen LogP contribution in [0.2, 0.25) is 0 Å². The van der Waals surface area contributed by atoms with Crippen LogP contribution >= 0.6 is 0 Å². The first-order valence-electron chi connectivity index (χ1n) is 10.0. The van der Waals surface area contributed by atoms with Crippen LogP contribution < -0.4 is 10.2 Å². The zero-order valence-electron chi connectivity index (χ0n) is 16.2. The number of anilines is 1. The molecule has 0 unspecified atom stereocenters. The Hall–Kier alpha value is -1.89. The molecule has 0 radical (unpaired) electrons. The SMILES string of the molecule is Cc1ncc(CNCC2(N3CCN(c4ccccc4)CC3)CCOCC2)o1. The molecule has 1 aromatic heterocycles. The van der Waals surface area contributed by atoms with Crippen LogP contribution in [0.1, 0.15) is 24.5 Å². The molecular weight excluding hydrogens is 340 g/mol. The van der Waals surface area contributed by atoms with Crippen LogP contribution in [0.4, 0.5) is 5.69 Å². The Morgan fingerprint density at radius 1 is 1.07 bits per heavy atom. The molecule has 2 fully saturated rings. The number of piperazine rings is 1. The van der Waals surface area contributed by atoms with Crippen molar-refractivity contribution < 1.29 is 9.15 Å². The summed E-state index contributed by atoms with van der Waals surface area (Å²) >= 11 is 0. The van der Waals surface area contributed by atoms with Crippen LogP contribution in [0.25, 0.3) is 0 Å². The van der Waals surface area contributed by atoms with Gasteiger partial charge in [-0.3, -0.25) is 4.90 Å². The van der Waals surface area contributed by atoms with Gasteiger partial charge in [-0.25, -0.2) is 4.98 Å². The van der Waals surface area contributed by atoms with E-state index in [1.54, 1.807) is 0 Å². The highest BCUT2D eigenvalue weighted by atomic mass is 16.5. The molecule has 27 heavy (non-hydrogen) atoms. The van der Waals surface area contributed by atoms with E-state index in [-0.39, 0.29) is 5.54 Å². The lowest BCUT2D eigenvalue weighted by Crippen LogP contribution is -2.62. The molecule has 2 aromatic rings. The Balaban J connectivity index is 1.36. The van der Waals surface area contributed by atoms with Crippen molar-refractivity contribution in [2.24, 2.45) is 0 Å². The van der Waals surface area contributed by atoms with Crippen LogP contribution in [-0.2, 0) is 11.3 Å². The van der Waals surface area contributed by atoms with Crippen LogP contribution in [0.3, 0.4) is 0 Å². The standard InChI is InChI=1S/C21H30N4O2/c1-18-23-16-20(27-18)15-22-17-21(7-13-26-14-8-21)25-11-9-24(10-12-25)19-5-3-2-4-6-19/h2-6,16,22H,7-15,17H2,1H3. The maximum absolute atomic E-state index is 5.68. The van der Waals surface area contributed by atoms with Gasteiger partial charge in [0.2, 0.25) is 0 Å². The fraction of sp³-hybridized carbons (Fsp3) is 0.571. The number of hydrogen-bond donors (Lipinski definition) is 1. The molecule has 6 nitrogen and oxygen atoms in total. The number of ether oxygens (including phenoxy) is 1. The van der Waals surface area contributed by atoms with Crippen LogP contribution in [0.5, 0.6) is 0 Å². The van der Waals surface area contributed by atoms with Gasteiger partial charge in [0.15, 0.2) is 5.89 Å². The summed E-state index contributed by atoms with van der Waals surface area (Å²) < 4.78 is 11.3. The van der Waals surface area contributed by atoms with Crippen molar-refractivity contribution in [3.05, 3.63) is 48.2 Å². The topological polar surface area (TPSA) is 53.8 Å². The second-order valence-electron chi connectivity index (χ2n) is 7.60. The number of hydrogen-bond acceptors (Lipinski definition) is 6. The highest BCUT2D eigenvalue weighted by molar-refractivity contribution is 5.46. The van der Waals surface area contributed by atoms with E-state index in [1.165, 1.54) is 5.69 Å². The third-order valence-electron chi connectivity index (χ3n) is 5.92. The molecule has 0 bridgehead atoms. The van der Waals surface area contributed by atoms with E-state index in [0.29, 0.717) is 0 Å². The Labute approximate surface area is 161 Å². The smallest absolute Gasteiger partial charge is 0.191 e. The second-order valence-corrected chi connectivity index (χ2v) is 7.60. The lowest BCUT2D eigenvalue weighted by atomic mass is 9.87. The van der Waals surface area contributed by atoms with Gasteiger partial charge in [0.05, 0.1) is 12.7 Å². The molecule has 3 heterocycles. The van der Waals surface area contributed by atoms with Gasteiger partial charge >= 0.3 is 0 Å². The first-order chi connectivity index (χ1) is 13.3. The molecule has 1 aromatic carbocycles. The molecule has 6 heteroatoms. The van der Waals surface area contributed by atoms with E-state index >= 15 is 0 Å². The number of benzene rings is 1. The number of nitrogens with zero attached hydrogens (tertiary/aromatic N) is 3. The Kier molecular flexibility index (Phi) is 5.76. The quantitative estimate of drug-likeness (QED) is 0.843. The van der Waals surface area contributed by atoms with E-state index in [4.69, 9.17) is 9.15 Å². The van der Waals surface area contributed by atoms with E-state index in [1.807, 2.05) is 13.1 Å². The maximum Gasteiger partial charge on any atom is 0.191 e. The minimum absolute atomic E-state index is 0.177. The van der Waals surface area contributed by atoms with E-state index in [2.05, 4.69) is 50.4 Å². The summed E-state index contributed by atoms with van der Waals surface area (Å²) in [5.74, 6) is 1.63. The molecule has 0 amide bonds. The highest BCUT2D eigenvalue weighted by Crippen LogP contribution is 2.29. The van der Waals surface area contributed by atoms with Gasteiger partial charge in [-0.1, -0.05) is 18.2 Å². The largest absolute Gasteiger partial charge is 0.445 e. The normalized spacial score (nSPS) is 20.7. The number of nitrogens with one attached hydrogen (secondary N) is 1. The predicted octanol–water partition coefficient (Wildman–Crippen LogP) is 2.44. The molecule has 1 N–H and O–H groups in total. The fourth-order valence-electron chi connectivity index (χ4n) is 4.34. The number of aryl methyl sites for hydroxylation is 1. The minimum atomic E-state index is 0.177. The van der Waals surface area contributed by atoms with Gasteiger partial charge in [0.25, 0.3) is 0 Å². The highest BCUT2D eigenvalue weighted by Gasteiger charge is 2.39. The third kappa shape index (κ3) is 4.34. The van der Waals surface area contributed by atoms with Crippen molar-refractivity contribution in [2.75, 3.05) is 50.8 Å². The lowest BCUT2D eigenvalue weighted by Gasteiger charge is -2.50. The van der Waals surface area contributed by atoms with Gasteiger partial charge in [-0.2, -0.15) is 0 Å². The molecule has 4 rings (SSSR count). The second kappa shape index (κ2) is 8.42. The monoisotopic (exact) mass is 370 g/mol. The fourth-order valence-corrected chi connectivity index (χ4v) is 4.34. The van der Waals surface area contributed by atoms with Gasteiger partial charge in [0, 0.05) is 64.1 Å².